The summed E-state index contributed by atoms with van der Waals surface area (Å²) in [5, 5.41) is 11.7. The lowest BCUT2D eigenvalue weighted by Gasteiger charge is -2.05. The third-order valence-electron chi connectivity index (χ3n) is 3.61. The Balaban J connectivity index is 1.59. The van der Waals surface area contributed by atoms with E-state index in [1.54, 1.807) is 37.4 Å². The molecule has 4 nitrogen and oxygen atoms in total. The van der Waals surface area contributed by atoms with Crippen molar-refractivity contribution < 1.29 is 19.6 Å². The number of fused-ring (bicyclic) bond motifs is 1. The van der Waals surface area contributed by atoms with Crippen LogP contribution in [0, 0.1) is 0 Å². The maximum Gasteiger partial charge on any atom is 0.165 e. The lowest BCUT2D eigenvalue weighted by atomic mass is 10.0. The summed E-state index contributed by atoms with van der Waals surface area (Å²) in [7, 11) is 1.62. The van der Waals surface area contributed by atoms with Gasteiger partial charge in [0.25, 0.3) is 0 Å². The van der Waals surface area contributed by atoms with E-state index >= 15 is 0 Å². The molecule has 0 aliphatic rings. The predicted molar refractivity (Wildman–Crippen MR) is 94.2 cm³/mol. The van der Waals surface area contributed by atoms with E-state index in [0.717, 1.165) is 22.1 Å². The van der Waals surface area contributed by atoms with Crippen LogP contribution in [0.3, 0.4) is 0 Å². The van der Waals surface area contributed by atoms with Crippen molar-refractivity contribution in [1.29, 1.82) is 0 Å². The Hall–Kier alpha value is -2.98. The number of hydrogen-bond acceptors (Lipinski definition) is 4. The highest BCUT2D eigenvalue weighted by atomic mass is 17.2. The van der Waals surface area contributed by atoms with Crippen molar-refractivity contribution in [2.75, 3.05) is 13.7 Å². The molecule has 0 fully saturated rings. The Labute approximate surface area is 140 Å². The highest BCUT2D eigenvalue weighted by Gasteiger charge is 2.01. The normalized spacial score (nSPS) is 11.0. The smallest absolute Gasteiger partial charge is 0.165 e. The number of rotatable bonds is 6. The van der Waals surface area contributed by atoms with Crippen LogP contribution in [-0.4, -0.2) is 18.8 Å². The summed E-state index contributed by atoms with van der Waals surface area (Å²) in [5.41, 5.74) is 1.01. The minimum absolute atomic E-state index is 0.279. The topological polar surface area (TPSA) is 47.9 Å². The van der Waals surface area contributed by atoms with Gasteiger partial charge < -0.3 is 14.7 Å². The molecule has 0 radical (unpaired) electrons. The van der Waals surface area contributed by atoms with Crippen LogP contribution in [0.25, 0.3) is 16.8 Å². The third kappa shape index (κ3) is 3.67. The molecule has 3 aromatic rings. The van der Waals surface area contributed by atoms with E-state index in [0.29, 0.717) is 12.4 Å². The standard InChI is InChI=1S/C20H18O4/c1-22-16-10-12-17(13-11-16)24-23-14-4-6-15-5-2-8-19-18(15)7-3-9-20(19)21/h2-13,21H,14H2,1H3/b6-4+. The summed E-state index contributed by atoms with van der Waals surface area (Å²) in [6.45, 7) is 0.307. The number of aromatic hydroxyl groups is 1. The highest BCUT2D eigenvalue weighted by Crippen LogP contribution is 2.27. The number of methoxy groups -OCH3 is 1. The molecule has 0 bridgehead atoms. The summed E-state index contributed by atoms with van der Waals surface area (Å²) in [6.07, 6.45) is 3.81. The molecule has 0 aliphatic carbocycles. The van der Waals surface area contributed by atoms with Crippen molar-refractivity contribution in [1.82, 2.24) is 0 Å². The van der Waals surface area contributed by atoms with Gasteiger partial charge in [0.15, 0.2) is 5.75 Å². The Kier molecular flexibility index (Phi) is 4.99. The minimum Gasteiger partial charge on any atom is -0.507 e. The zero-order valence-corrected chi connectivity index (χ0v) is 13.3. The van der Waals surface area contributed by atoms with E-state index < -0.39 is 0 Å². The zero-order valence-electron chi connectivity index (χ0n) is 13.3. The number of ether oxygens (including phenoxy) is 1. The summed E-state index contributed by atoms with van der Waals surface area (Å²) >= 11 is 0. The fraction of sp³-hybridized carbons (Fsp3) is 0.100. The van der Waals surface area contributed by atoms with Crippen molar-refractivity contribution in [3.8, 4) is 17.2 Å². The first-order chi connectivity index (χ1) is 11.8. The van der Waals surface area contributed by atoms with E-state index in [1.807, 2.05) is 42.5 Å². The monoisotopic (exact) mass is 322 g/mol. The molecule has 0 saturated heterocycles. The SMILES string of the molecule is COc1ccc(OOC/C=C/c2cccc3c(O)cccc23)cc1. The Morgan fingerprint density at radius 3 is 2.38 bits per heavy atom. The minimum atomic E-state index is 0.279. The van der Waals surface area contributed by atoms with Crippen LogP contribution in [-0.2, 0) is 4.89 Å². The molecular weight excluding hydrogens is 304 g/mol. The average Bonchev–Trinajstić information content (AvgIpc) is 2.62. The summed E-state index contributed by atoms with van der Waals surface area (Å²) < 4.78 is 5.08. The molecule has 0 amide bonds. The molecule has 0 atom stereocenters. The average molecular weight is 322 g/mol. The van der Waals surface area contributed by atoms with E-state index in [9.17, 15) is 5.11 Å². The molecular formula is C20H18O4. The van der Waals surface area contributed by atoms with Crippen LogP contribution in [0.4, 0.5) is 0 Å². The molecule has 0 spiro atoms. The fourth-order valence-corrected chi connectivity index (χ4v) is 2.41. The van der Waals surface area contributed by atoms with E-state index in [2.05, 4.69) is 0 Å². The Morgan fingerprint density at radius 2 is 1.58 bits per heavy atom. The summed E-state index contributed by atoms with van der Waals surface area (Å²) in [5.74, 6) is 1.66. The lowest BCUT2D eigenvalue weighted by molar-refractivity contribution is -0.195. The van der Waals surface area contributed by atoms with Crippen LogP contribution < -0.4 is 9.62 Å². The zero-order chi connectivity index (χ0) is 16.8. The van der Waals surface area contributed by atoms with Gasteiger partial charge in [-0.05, 0) is 41.3 Å². The van der Waals surface area contributed by atoms with Crippen molar-refractivity contribution in [2.45, 2.75) is 0 Å². The number of hydrogen-bond donors (Lipinski definition) is 1. The van der Waals surface area contributed by atoms with Crippen LogP contribution >= 0.6 is 0 Å². The van der Waals surface area contributed by atoms with Gasteiger partial charge >= 0.3 is 0 Å². The second-order valence-electron chi connectivity index (χ2n) is 5.17. The molecule has 3 aromatic carbocycles. The van der Waals surface area contributed by atoms with Crippen LogP contribution in [0.1, 0.15) is 5.56 Å². The van der Waals surface area contributed by atoms with Gasteiger partial charge in [0.1, 0.15) is 18.1 Å². The van der Waals surface area contributed by atoms with Gasteiger partial charge in [-0.1, -0.05) is 42.5 Å². The molecule has 4 heteroatoms. The lowest BCUT2D eigenvalue weighted by Crippen LogP contribution is -1.96. The molecule has 24 heavy (non-hydrogen) atoms. The number of phenolic OH excluding ortho intramolecular Hbond substituents is 1. The van der Waals surface area contributed by atoms with Gasteiger partial charge in [-0.25, -0.2) is 0 Å². The molecule has 0 heterocycles. The quantitative estimate of drug-likeness (QED) is 0.410. The van der Waals surface area contributed by atoms with Gasteiger partial charge in [0.05, 0.1) is 7.11 Å². The van der Waals surface area contributed by atoms with Crippen LogP contribution in [0.2, 0.25) is 0 Å². The molecule has 0 aromatic heterocycles. The first-order valence-electron chi connectivity index (χ1n) is 7.59. The van der Waals surface area contributed by atoms with Crippen molar-refractivity contribution >= 4 is 16.8 Å². The maximum atomic E-state index is 9.89. The van der Waals surface area contributed by atoms with Crippen LogP contribution in [0.5, 0.6) is 17.2 Å². The van der Waals surface area contributed by atoms with E-state index in [4.69, 9.17) is 14.5 Å². The van der Waals surface area contributed by atoms with Crippen molar-refractivity contribution in [3.05, 3.63) is 72.3 Å². The summed E-state index contributed by atoms with van der Waals surface area (Å²) in [4.78, 5) is 10.4. The third-order valence-corrected chi connectivity index (χ3v) is 3.61. The summed E-state index contributed by atoms with van der Waals surface area (Å²) in [6, 6.07) is 18.4. The molecule has 1 N–H and O–H groups in total. The molecule has 0 aliphatic heterocycles. The Bertz CT molecular complexity index is 838. The first kappa shape index (κ1) is 15.9. The fourth-order valence-electron chi connectivity index (χ4n) is 2.41. The van der Waals surface area contributed by atoms with Gasteiger partial charge in [-0.2, -0.15) is 4.89 Å². The van der Waals surface area contributed by atoms with Crippen molar-refractivity contribution in [2.24, 2.45) is 0 Å². The largest absolute Gasteiger partial charge is 0.507 e. The molecule has 0 unspecified atom stereocenters. The second kappa shape index (κ2) is 7.53. The van der Waals surface area contributed by atoms with Gasteiger partial charge in [0, 0.05) is 5.39 Å². The molecule has 0 saturated carbocycles. The van der Waals surface area contributed by atoms with Gasteiger partial charge in [-0.15, -0.1) is 0 Å². The first-order valence-corrected chi connectivity index (χ1v) is 7.59. The molecule has 122 valence electrons. The molecule has 3 rings (SSSR count). The predicted octanol–water partition coefficient (Wildman–Crippen LogP) is 4.58. The number of phenols is 1. The van der Waals surface area contributed by atoms with Crippen LogP contribution in [0.15, 0.2) is 66.7 Å². The maximum absolute atomic E-state index is 9.89. The Morgan fingerprint density at radius 1 is 0.875 bits per heavy atom. The number of benzene rings is 3. The highest BCUT2D eigenvalue weighted by molar-refractivity contribution is 5.94. The van der Waals surface area contributed by atoms with Crippen molar-refractivity contribution in [3.63, 3.8) is 0 Å². The van der Waals surface area contributed by atoms with Gasteiger partial charge in [-0.3, -0.25) is 0 Å². The van der Waals surface area contributed by atoms with Gasteiger partial charge in [0.2, 0.25) is 0 Å². The van der Waals surface area contributed by atoms with E-state index in [1.165, 1.54) is 0 Å². The van der Waals surface area contributed by atoms with E-state index in [-0.39, 0.29) is 5.75 Å². The second-order valence-corrected chi connectivity index (χ2v) is 5.17.